The number of amides is 1. The molecule has 0 radical (unpaired) electrons. The molecule has 0 fully saturated rings. The van der Waals surface area contributed by atoms with Gasteiger partial charge in [-0.1, -0.05) is 50.3 Å². The van der Waals surface area contributed by atoms with E-state index in [9.17, 15) is 4.79 Å². The molecule has 0 aromatic heterocycles. The third-order valence-corrected chi connectivity index (χ3v) is 3.41. The molecule has 1 aromatic carbocycles. The van der Waals surface area contributed by atoms with E-state index >= 15 is 0 Å². The van der Waals surface area contributed by atoms with Gasteiger partial charge in [0.05, 0.1) is 0 Å². The molecule has 2 N–H and O–H groups in total. The minimum atomic E-state index is -0.744. The summed E-state index contributed by atoms with van der Waals surface area (Å²) in [6.07, 6.45) is -1.04. The fraction of sp³-hybridized carbons (Fsp3) is 0.400. The van der Waals surface area contributed by atoms with Crippen molar-refractivity contribution in [3.8, 4) is 0 Å². The van der Waals surface area contributed by atoms with Crippen molar-refractivity contribution < 1.29 is 9.53 Å². The van der Waals surface area contributed by atoms with Gasteiger partial charge in [0.15, 0.2) is 0 Å². The first-order valence-electron chi connectivity index (χ1n) is 5.97. The van der Waals surface area contributed by atoms with Crippen molar-refractivity contribution in [2.45, 2.75) is 39.2 Å². The molecule has 0 aliphatic heterocycles. The molecule has 3 heteroatoms. The number of hydrogen-bond acceptors (Lipinski definition) is 2. The van der Waals surface area contributed by atoms with Gasteiger partial charge in [0.2, 0.25) is 0 Å². The van der Waals surface area contributed by atoms with Crippen molar-refractivity contribution in [1.29, 1.82) is 0 Å². The standard InChI is InChI=1S/C15H21NO2/c1-10(2)12-7-6-8-13(9-12)15(4,5)11(3)18-14(16)17/h6-9,11H,1H2,2-5H3,(H2,16,17). The summed E-state index contributed by atoms with van der Waals surface area (Å²) >= 11 is 0. The van der Waals surface area contributed by atoms with E-state index in [2.05, 4.69) is 12.6 Å². The Balaban J connectivity index is 3.07. The summed E-state index contributed by atoms with van der Waals surface area (Å²) in [6.45, 7) is 11.8. The highest BCUT2D eigenvalue weighted by atomic mass is 16.6. The highest BCUT2D eigenvalue weighted by molar-refractivity contribution is 5.65. The van der Waals surface area contributed by atoms with Gasteiger partial charge >= 0.3 is 6.09 Å². The van der Waals surface area contributed by atoms with E-state index < -0.39 is 6.09 Å². The summed E-state index contributed by atoms with van der Waals surface area (Å²) in [5, 5.41) is 0. The summed E-state index contributed by atoms with van der Waals surface area (Å²) in [5.74, 6) is 0. The minimum absolute atomic E-state index is 0.296. The second-order valence-electron chi connectivity index (χ2n) is 5.16. The molecule has 0 bridgehead atoms. The Morgan fingerprint density at radius 1 is 1.44 bits per heavy atom. The van der Waals surface area contributed by atoms with Crippen LogP contribution in [0.15, 0.2) is 30.8 Å². The number of allylic oxidation sites excluding steroid dienone is 1. The maximum Gasteiger partial charge on any atom is 0.404 e. The third-order valence-electron chi connectivity index (χ3n) is 3.41. The molecule has 3 nitrogen and oxygen atoms in total. The van der Waals surface area contributed by atoms with Crippen LogP contribution in [0.2, 0.25) is 0 Å². The molecule has 1 unspecified atom stereocenters. The average Bonchev–Trinajstić information content (AvgIpc) is 2.28. The Hall–Kier alpha value is -1.77. The first-order chi connectivity index (χ1) is 8.25. The van der Waals surface area contributed by atoms with Crippen LogP contribution in [0.3, 0.4) is 0 Å². The Morgan fingerprint density at radius 2 is 2.06 bits per heavy atom. The van der Waals surface area contributed by atoms with Gasteiger partial charge < -0.3 is 10.5 Å². The van der Waals surface area contributed by atoms with Crippen LogP contribution >= 0.6 is 0 Å². The van der Waals surface area contributed by atoms with E-state index in [1.54, 1.807) is 0 Å². The fourth-order valence-electron chi connectivity index (χ4n) is 1.74. The van der Waals surface area contributed by atoms with Crippen molar-refractivity contribution in [3.05, 3.63) is 42.0 Å². The lowest BCUT2D eigenvalue weighted by Gasteiger charge is -2.31. The largest absolute Gasteiger partial charge is 0.446 e. The second kappa shape index (κ2) is 5.25. The fourth-order valence-corrected chi connectivity index (χ4v) is 1.74. The molecule has 0 saturated carbocycles. The van der Waals surface area contributed by atoms with E-state index in [0.717, 1.165) is 16.7 Å². The van der Waals surface area contributed by atoms with Crippen LogP contribution in [0.4, 0.5) is 4.79 Å². The normalized spacial score (nSPS) is 12.9. The third kappa shape index (κ3) is 3.13. The monoisotopic (exact) mass is 247 g/mol. The minimum Gasteiger partial charge on any atom is -0.446 e. The molecular formula is C15H21NO2. The van der Waals surface area contributed by atoms with E-state index in [1.165, 1.54) is 0 Å². The first kappa shape index (κ1) is 14.3. The number of rotatable bonds is 4. The lowest BCUT2D eigenvalue weighted by molar-refractivity contribution is 0.0748. The molecule has 0 spiro atoms. The predicted octanol–water partition coefficient (Wildman–Crippen LogP) is 3.48. The number of carbonyl (C=O) groups excluding carboxylic acids is 1. The molecule has 18 heavy (non-hydrogen) atoms. The van der Waals surface area contributed by atoms with Gasteiger partial charge in [0.1, 0.15) is 6.10 Å². The van der Waals surface area contributed by atoms with Crippen molar-refractivity contribution in [1.82, 2.24) is 0 Å². The maximum atomic E-state index is 10.8. The zero-order chi connectivity index (χ0) is 13.9. The predicted molar refractivity (Wildman–Crippen MR) is 74.3 cm³/mol. The van der Waals surface area contributed by atoms with Gasteiger partial charge in [0, 0.05) is 5.41 Å². The van der Waals surface area contributed by atoms with Gasteiger partial charge in [-0.3, -0.25) is 0 Å². The van der Waals surface area contributed by atoms with Gasteiger partial charge in [-0.15, -0.1) is 0 Å². The van der Waals surface area contributed by atoms with E-state index in [4.69, 9.17) is 10.5 Å². The van der Waals surface area contributed by atoms with Crippen LogP contribution in [0.5, 0.6) is 0 Å². The Morgan fingerprint density at radius 3 is 2.56 bits per heavy atom. The Labute approximate surface area is 109 Å². The van der Waals surface area contributed by atoms with Crippen LogP contribution in [-0.4, -0.2) is 12.2 Å². The van der Waals surface area contributed by atoms with Crippen molar-refractivity contribution in [2.75, 3.05) is 0 Å². The molecule has 1 rings (SSSR count). The highest BCUT2D eigenvalue weighted by Gasteiger charge is 2.30. The summed E-state index contributed by atoms with van der Waals surface area (Å²) in [5.41, 5.74) is 7.96. The lowest BCUT2D eigenvalue weighted by Crippen LogP contribution is -2.36. The highest BCUT2D eigenvalue weighted by Crippen LogP contribution is 2.30. The summed E-state index contributed by atoms with van der Waals surface area (Å²) < 4.78 is 5.09. The quantitative estimate of drug-likeness (QED) is 0.885. The van der Waals surface area contributed by atoms with Crippen LogP contribution in [0.25, 0.3) is 5.57 Å². The SMILES string of the molecule is C=C(C)c1cccc(C(C)(C)C(C)OC(N)=O)c1. The number of carbonyl (C=O) groups is 1. The molecule has 1 atom stereocenters. The van der Waals surface area contributed by atoms with Gasteiger partial charge in [-0.2, -0.15) is 0 Å². The molecule has 98 valence electrons. The van der Waals surface area contributed by atoms with Crippen molar-refractivity contribution >= 4 is 11.7 Å². The van der Waals surface area contributed by atoms with Crippen LogP contribution in [-0.2, 0) is 10.2 Å². The van der Waals surface area contributed by atoms with Crippen molar-refractivity contribution in [3.63, 3.8) is 0 Å². The molecule has 0 saturated heterocycles. The van der Waals surface area contributed by atoms with E-state index in [-0.39, 0.29) is 11.5 Å². The maximum absolute atomic E-state index is 10.8. The average molecular weight is 247 g/mol. The molecule has 1 amide bonds. The molecular weight excluding hydrogens is 226 g/mol. The molecule has 0 heterocycles. The van der Waals surface area contributed by atoms with E-state index in [0.29, 0.717) is 0 Å². The Kier molecular flexibility index (Phi) is 4.17. The smallest absolute Gasteiger partial charge is 0.404 e. The van der Waals surface area contributed by atoms with Crippen molar-refractivity contribution in [2.24, 2.45) is 5.73 Å². The van der Waals surface area contributed by atoms with E-state index in [1.807, 2.05) is 45.9 Å². The van der Waals surface area contributed by atoms with Crippen LogP contribution in [0.1, 0.15) is 38.8 Å². The van der Waals surface area contributed by atoms with Gasteiger partial charge in [-0.25, -0.2) is 4.79 Å². The van der Waals surface area contributed by atoms with Gasteiger partial charge in [-0.05, 0) is 25.0 Å². The zero-order valence-electron chi connectivity index (χ0n) is 11.5. The van der Waals surface area contributed by atoms with Crippen LogP contribution < -0.4 is 5.73 Å². The second-order valence-corrected chi connectivity index (χ2v) is 5.16. The summed E-state index contributed by atoms with van der Waals surface area (Å²) in [6, 6.07) is 8.09. The lowest BCUT2D eigenvalue weighted by atomic mass is 9.79. The molecule has 1 aromatic rings. The Bertz CT molecular complexity index is 463. The molecule has 0 aliphatic rings. The topological polar surface area (TPSA) is 52.3 Å². The van der Waals surface area contributed by atoms with Gasteiger partial charge in [0.25, 0.3) is 0 Å². The number of nitrogens with two attached hydrogens (primary N) is 1. The summed E-state index contributed by atoms with van der Waals surface area (Å²) in [4.78, 5) is 10.8. The first-order valence-corrected chi connectivity index (χ1v) is 5.97. The number of ether oxygens (including phenoxy) is 1. The zero-order valence-corrected chi connectivity index (χ0v) is 11.5. The number of hydrogen-bond donors (Lipinski definition) is 1. The molecule has 0 aliphatic carbocycles. The number of primary amides is 1. The number of benzene rings is 1. The summed E-state index contributed by atoms with van der Waals surface area (Å²) in [7, 11) is 0. The van der Waals surface area contributed by atoms with Crippen LogP contribution in [0, 0.1) is 0 Å².